The molecule has 0 aromatic carbocycles. The van der Waals surface area contributed by atoms with Crippen molar-refractivity contribution in [2.75, 3.05) is 38.6 Å². The van der Waals surface area contributed by atoms with Crippen molar-refractivity contribution in [3.05, 3.63) is 0 Å². The lowest BCUT2D eigenvalue weighted by Crippen LogP contribution is -2.42. The summed E-state index contributed by atoms with van der Waals surface area (Å²) < 4.78 is 5.25. The highest BCUT2D eigenvalue weighted by atomic mass is 79.9. The van der Waals surface area contributed by atoms with E-state index in [1.807, 2.05) is 0 Å². The monoisotopic (exact) mass is 370 g/mol. The Kier molecular flexibility index (Phi) is 11.2. The first-order valence-electron chi connectivity index (χ1n) is 6.56. The number of unbranched alkanes of at least 4 members (excludes halogenated alkanes) is 1. The zero-order valence-corrected chi connectivity index (χ0v) is 14.0. The summed E-state index contributed by atoms with van der Waals surface area (Å²) >= 11 is 3.89. The van der Waals surface area contributed by atoms with Crippen LogP contribution in [0.5, 0.6) is 0 Å². The quantitative estimate of drug-likeness (QED) is 0.430. The summed E-state index contributed by atoms with van der Waals surface area (Å²) in [6.07, 6.45) is 2.07. The summed E-state index contributed by atoms with van der Waals surface area (Å²) in [4.78, 5) is 24.6. The normalized spacial score (nSPS) is 17.1. The second-order valence-corrected chi connectivity index (χ2v) is 4.92. The van der Waals surface area contributed by atoms with E-state index in [0.717, 1.165) is 45.7 Å². The molecule has 0 aromatic heterocycles. The minimum atomic E-state index is -1.04. The van der Waals surface area contributed by atoms with Gasteiger partial charge in [-0.05, 0) is 19.4 Å². The standard InChI is InChI=1S/C12H22N2O4S.BrH/c15-11(13-10(9-19)12(16)17)3-1-2-4-14-5-7-18-8-6-14;/h10,19H,1-9H2,(H,13,15)(H,16,17);1H/t10-;/m0./s1. The number of carbonyl (C=O) groups excluding carboxylic acids is 1. The van der Waals surface area contributed by atoms with Gasteiger partial charge in [-0.1, -0.05) is 0 Å². The van der Waals surface area contributed by atoms with Crippen molar-refractivity contribution in [2.24, 2.45) is 0 Å². The third-order valence-electron chi connectivity index (χ3n) is 3.05. The number of hydrogen-bond donors (Lipinski definition) is 3. The van der Waals surface area contributed by atoms with Gasteiger partial charge in [0.25, 0.3) is 0 Å². The average molecular weight is 371 g/mol. The van der Waals surface area contributed by atoms with Crippen molar-refractivity contribution in [2.45, 2.75) is 25.3 Å². The lowest BCUT2D eigenvalue weighted by Gasteiger charge is -2.26. The van der Waals surface area contributed by atoms with Crippen LogP contribution in [-0.2, 0) is 14.3 Å². The van der Waals surface area contributed by atoms with Crippen molar-refractivity contribution < 1.29 is 19.4 Å². The van der Waals surface area contributed by atoms with Crippen molar-refractivity contribution >= 4 is 41.5 Å². The number of carboxylic acid groups (broad SMARTS) is 1. The van der Waals surface area contributed by atoms with Gasteiger partial charge in [0.15, 0.2) is 0 Å². The highest BCUT2D eigenvalue weighted by Gasteiger charge is 2.17. The molecule has 1 atom stereocenters. The van der Waals surface area contributed by atoms with Gasteiger partial charge in [0.2, 0.25) is 5.91 Å². The second-order valence-electron chi connectivity index (χ2n) is 4.55. The fourth-order valence-electron chi connectivity index (χ4n) is 1.90. The van der Waals surface area contributed by atoms with E-state index in [2.05, 4.69) is 22.8 Å². The average Bonchev–Trinajstić information content (AvgIpc) is 2.42. The lowest BCUT2D eigenvalue weighted by atomic mass is 10.2. The maximum atomic E-state index is 11.5. The molecule has 118 valence electrons. The number of halogens is 1. The molecule has 0 aromatic rings. The van der Waals surface area contributed by atoms with Crippen LogP contribution in [0, 0.1) is 0 Å². The van der Waals surface area contributed by atoms with Crippen LogP contribution in [0.1, 0.15) is 19.3 Å². The van der Waals surface area contributed by atoms with E-state index in [4.69, 9.17) is 9.84 Å². The van der Waals surface area contributed by atoms with Crippen molar-refractivity contribution in [1.82, 2.24) is 10.2 Å². The van der Waals surface area contributed by atoms with E-state index < -0.39 is 12.0 Å². The maximum absolute atomic E-state index is 11.5. The number of nitrogens with zero attached hydrogens (tertiary/aromatic N) is 1. The molecule has 0 aliphatic carbocycles. The minimum Gasteiger partial charge on any atom is -0.480 e. The van der Waals surface area contributed by atoms with E-state index in [1.54, 1.807) is 0 Å². The van der Waals surface area contributed by atoms with Gasteiger partial charge in [0.1, 0.15) is 6.04 Å². The smallest absolute Gasteiger partial charge is 0.327 e. The summed E-state index contributed by atoms with van der Waals surface area (Å²) in [7, 11) is 0. The molecule has 0 radical (unpaired) electrons. The van der Waals surface area contributed by atoms with Gasteiger partial charge in [0.05, 0.1) is 13.2 Å². The number of ether oxygens (including phenoxy) is 1. The van der Waals surface area contributed by atoms with Crippen LogP contribution in [-0.4, -0.2) is 66.5 Å². The third kappa shape index (κ3) is 8.08. The number of carbonyl (C=O) groups is 2. The molecule has 1 amide bonds. The Bertz CT molecular complexity index is 301. The van der Waals surface area contributed by atoms with Crippen LogP contribution in [0.15, 0.2) is 0 Å². The third-order valence-corrected chi connectivity index (χ3v) is 3.41. The fraction of sp³-hybridized carbons (Fsp3) is 0.833. The summed E-state index contributed by atoms with van der Waals surface area (Å²) in [5.74, 6) is -1.16. The lowest BCUT2D eigenvalue weighted by molar-refractivity contribution is -0.141. The number of nitrogens with one attached hydrogen (secondary N) is 1. The van der Waals surface area contributed by atoms with Crippen molar-refractivity contribution in [3.63, 3.8) is 0 Å². The molecule has 0 bridgehead atoms. The Hall–Kier alpha value is -0.310. The SMILES string of the molecule is Br.O=C(CCCCN1CCOCC1)N[C@@H](CS)C(=O)O. The van der Waals surface area contributed by atoms with Crippen LogP contribution < -0.4 is 5.32 Å². The summed E-state index contributed by atoms with van der Waals surface area (Å²) in [6, 6.07) is -0.893. The highest BCUT2D eigenvalue weighted by Crippen LogP contribution is 2.02. The Morgan fingerprint density at radius 1 is 1.30 bits per heavy atom. The van der Waals surface area contributed by atoms with E-state index in [0.29, 0.717) is 6.42 Å². The summed E-state index contributed by atoms with van der Waals surface area (Å²) in [5, 5.41) is 11.2. The van der Waals surface area contributed by atoms with Crippen molar-refractivity contribution in [1.29, 1.82) is 0 Å². The van der Waals surface area contributed by atoms with Crippen molar-refractivity contribution in [3.8, 4) is 0 Å². The van der Waals surface area contributed by atoms with E-state index >= 15 is 0 Å². The highest BCUT2D eigenvalue weighted by molar-refractivity contribution is 8.93. The van der Waals surface area contributed by atoms with E-state index in [-0.39, 0.29) is 28.6 Å². The summed E-state index contributed by atoms with van der Waals surface area (Å²) in [5.41, 5.74) is 0. The second kappa shape index (κ2) is 11.4. The molecule has 1 aliphatic rings. The molecular formula is C12H23BrN2O4S. The van der Waals surface area contributed by atoms with Gasteiger partial charge in [-0.2, -0.15) is 12.6 Å². The Morgan fingerprint density at radius 2 is 1.95 bits per heavy atom. The van der Waals surface area contributed by atoms with Gasteiger partial charge in [-0.3, -0.25) is 9.69 Å². The predicted molar refractivity (Wildman–Crippen MR) is 84.9 cm³/mol. The molecule has 0 saturated carbocycles. The molecule has 1 fully saturated rings. The van der Waals surface area contributed by atoms with Gasteiger partial charge in [0, 0.05) is 25.3 Å². The first-order valence-corrected chi connectivity index (χ1v) is 7.20. The molecule has 0 unspecified atom stereocenters. The topological polar surface area (TPSA) is 78.9 Å². The Morgan fingerprint density at radius 3 is 2.50 bits per heavy atom. The number of thiol groups is 1. The number of carboxylic acids is 1. The molecule has 1 heterocycles. The Balaban J connectivity index is 0.00000361. The fourth-order valence-corrected chi connectivity index (χ4v) is 2.15. The molecular weight excluding hydrogens is 348 g/mol. The van der Waals surface area contributed by atoms with Gasteiger partial charge >= 0.3 is 5.97 Å². The number of hydrogen-bond acceptors (Lipinski definition) is 5. The van der Waals surface area contributed by atoms with Crippen LogP contribution in [0.4, 0.5) is 0 Å². The van der Waals surface area contributed by atoms with E-state index in [1.165, 1.54) is 0 Å². The maximum Gasteiger partial charge on any atom is 0.327 e. The minimum absolute atomic E-state index is 0. The first kappa shape index (κ1) is 19.7. The number of amides is 1. The largest absolute Gasteiger partial charge is 0.480 e. The van der Waals surface area contributed by atoms with Crippen LogP contribution in [0.25, 0.3) is 0 Å². The zero-order chi connectivity index (χ0) is 14.1. The molecule has 6 nitrogen and oxygen atoms in total. The molecule has 2 N–H and O–H groups in total. The number of morpholine rings is 1. The predicted octanol–water partition coefficient (Wildman–Crippen LogP) is 0.566. The van der Waals surface area contributed by atoms with Gasteiger partial charge < -0.3 is 15.2 Å². The number of aliphatic carboxylic acids is 1. The van der Waals surface area contributed by atoms with Crippen LogP contribution in [0.2, 0.25) is 0 Å². The molecule has 1 aliphatic heterocycles. The molecule has 1 rings (SSSR count). The molecule has 20 heavy (non-hydrogen) atoms. The van der Waals surface area contributed by atoms with Gasteiger partial charge in [-0.25, -0.2) is 4.79 Å². The Labute approximate surface area is 135 Å². The van der Waals surface area contributed by atoms with Crippen LogP contribution in [0.3, 0.4) is 0 Å². The summed E-state index contributed by atoms with van der Waals surface area (Å²) in [6.45, 7) is 4.43. The molecule has 1 saturated heterocycles. The number of rotatable bonds is 8. The zero-order valence-electron chi connectivity index (χ0n) is 11.4. The van der Waals surface area contributed by atoms with Gasteiger partial charge in [-0.15, -0.1) is 17.0 Å². The first-order chi connectivity index (χ1) is 9.13. The van der Waals surface area contributed by atoms with E-state index in [9.17, 15) is 9.59 Å². The molecule has 0 spiro atoms. The molecule has 8 heteroatoms. The van der Waals surface area contributed by atoms with Crippen LogP contribution >= 0.6 is 29.6 Å².